The molecule has 0 aliphatic carbocycles. The second kappa shape index (κ2) is 6.72. The van der Waals surface area contributed by atoms with E-state index >= 15 is 0 Å². The first kappa shape index (κ1) is 15.9. The van der Waals surface area contributed by atoms with Crippen molar-refractivity contribution in [1.82, 2.24) is 9.97 Å². The van der Waals surface area contributed by atoms with Gasteiger partial charge in [0.05, 0.1) is 36.1 Å². The zero-order valence-electron chi connectivity index (χ0n) is 13.8. The maximum absolute atomic E-state index is 11.5. The number of para-hydroxylation sites is 2. The summed E-state index contributed by atoms with van der Waals surface area (Å²) in [6.45, 7) is 1.26. The average Bonchev–Trinajstić information content (AvgIpc) is 2.69. The van der Waals surface area contributed by atoms with E-state index < -0.39 is 5.97 Å². The minimum absolute atomic E-state index is 0.174. The molecule has 2 heterocycles. The zero-order valence-corrected chi connectivity index (χ0v) is 13.8. The number of carbonyl (C=O) groups is 1. The predicted octanol–water partition coefficient (Wildman–Crippen LogP) is 2.95. The van der Waals surface area contributed by atoms with E-state index in [1.54, 1.807) is 30.5 Å². The van der Waals surface area contributed by atoms with Crippen molar-refractivity contribution in [3.8, 4) is 0 Å². The molecule has 1 aromatic heterocycles. The largest absolute Gasteiger partial charge is 0.478 e. The van der Waals surface area contributed by atoms with E-state index in [9.17, 15) is 9.90 Å². The van der Waals surface area contributed by atoms with Gasteiger partial charge in [0.1, 0.15) is 11.5 Å². The van der Waals surface area contributed by atoms with E-state index in [4.69, 9.17) is 0 Å². The van der Waals surface area contributed by atoms with Gasteiger partial charge in [-0.15, -0.1) is 0 Å². The molecule has 7 heteroatoms. The van der Waals surface area contributed by atoms with Gasteiger partial charge in [-0.25, -0.2) is 14.8 Å². The SMILES string of the molecule is O=C(O)c1ccccc1Nc1nc(C2=NCCN=C2)nc2ccccc12. The van der Waals surface area contributed by atoms with Crippen LogP contribution in [0.3, 0.4) is 0 Å². The molecule has 128 valence electrons. The van der Waals surface area contributed by atoms with E-state index in [0.717, 1.165) is 10.9 Å². The van der Waals surface area contributed by atoms with E-state index in [1.165, 1.54) is 0 Å². The smallest absolute Gasteiger partial charge is 0.337 e. The summed E-state index contributed by atoms with van der Waals surface area (Å²) >= 11 is 0. The van der Waals surface area contributed by atoms with Crippen LogP contribution in [-0.2, 0) is 0 Å². The number of anilines is 2. The Labute approximate surface area is 149 Å². The van der Waals surface area contributed by atoms with Crippen LogP contribution in [0.2, 0.25) is 0 Å². The zero-order chi connectivity index (χ0) is 17.9. The van der Waals surface area contributed by atoms with Crippen molar-refractivity contribution in [3.05, 3.63) is 59.9 Å². The fourth-order valence-electron chi connectivity index (χ4n) is 2.74. The molecular weight excluding hydrogens is 330 g/mol. The second-order valence-electron chi connectivity index (χ2n) is 5.69. The van der Waals surface area contributed by atoms with Gasteiger partial charge in [-0.3, -0.25) is 9.98 Å². The highest BCUT2D eigenvalue weighted by atomic mass is 16.4. The van der Waals surface area contributed by atoms with Crippen molar-refractivity contribution in [2.75, 3.05) is 18.4 Å². The Hall–Kier alpha value is -3.61. The van der Waals surface area contributed by atoms with Crippen LogP contribution >= 0.6 is 0 Å². The Morgan fingerprint density at radius 1 is 1.00 bits per heavy atom. The Bertz CT molecular complexity index is 1060. The summed E-state index contributed by atoms with van der Waals surface area (Å²) in [6.07, 6.45) is 1.67. The molecule has 0 unspecified atom stereocenters. The lowest BCUT2D eigenvalue weighted by atomic mass is 10.1. The van der Waals surface area contributed by atoms with Gasteiger partial charge >= 0.3 is 5.97 Å². The Balaban J connectivity index is 1.85. The normalized spacial score (nSPS) is 13.5. The molecular formula is C19H15N5O2. The van der Waals surface area contributed by atoms with Crippen LogP contribution in [0.1, 0.15) is 16.2 Å². The molecule has 2 N–H and O–H groups in total. The Morgan fingerprint density at radius 3 is 2.62 bits per heavy atom. The van der Waals surface area contributed by atoms with Gasteiger partial charge in [0.15, 0.2) is 5.82 Å². The quantitative estimate of drug-likeness (QED) is 0.757. The van der Waals surface area contributed by atoms with Crippen LogP contribution in [0.5, 0.6) is 0 Å². The lowest BCUT2D eigenvalue weighted by Crippen LogP contribution is -2.15. The number of rotatable bonds is 4. The lowest BCUT2D eigenvalue weighted by molar-refractivity contribution is 0.0698. The molecule has 7 nitrogen and oxygen atoms in total. The predicted molar refractivity (Wildman–Crippen MR) is 101 cm³/mol. The number of carboxylic acids is 1. The highest BCUT2D eigenvalue weighted by molar-refractivity contribution is 6.37. The molecule has 26 heavy (non-hydrogen) atoms. The summed E-state index contributed by atoms with van der Waals surface area (Å²) < 4.78 is 0. The summed E-state index contributed by atoms with van der Waals surface area (Å²) in [7, 11) is 0. The molecule has 3 aromatic rings. The number of hydrogen-bond donors (Lipinski definition) is 2. The monoisotopic (exact) mass is 345 g/mol. The highest BCUT2D eigenvalue weighted by Gasteiger charge is 2.15. The summed E-state index contributed by atoms with van der Waals surface area (Å²) in [5.74, 6) is -0.0149. The Kier molecular flexibility index (Phi) is 4.10. The first-order valence-corrected chi connectivity index (χ1v) is 8.13. The van der Waals surface area contributed by atoms with Gasteiger partial charge in [-0.2, -0.15) is 0 Å². The van der Waals surface area contributed by atoms with Crippen molar-refractivity contribution >= 4 is 40.3 Å². The first-order chi connectivity index (χ1) is 12.7. The minimum Gasteiger partial charge on any atom is -0.478 e. The number of nitrogens with zero attached hydrogens (tertiary/aromatic N) is 4. The number of nitrogens with one attached hydrogen (secondary N) is 1. The maximum atomic E-state index is 11.5. The summed E-state index contributed by atoms with van der Waals surface area (Å²) in [5, 5.41) is 13.3. The van der Waals surface area contributed by atoms with Crippen LogP contribution in [0.25, 0.3) is 10.9 Å². The van der Waals surface area contributed by atoms with Crippen molar-refractivity contribution in [2.24, 2.45) is 9.98 Å². The maximum Gasteiger partial charge on any atom is 0.337 e. The standard InChI is InChI=1S/C19H15N5O2/c25-19(26)13-6-2-4-8-15(13)22-17-12-5-1-3-7-14(12)23-18(24-17)16-11-20-9-10-21-16/h1-8,11H,9-10H2,(H,25,26)(H,22,23,24). The topological polar surface area (TPSA) is 99.8 Å². The summed E-state index contributed by atoms with van der Waals surface area (Å²) in [4.78, 5) is 29.3. The van der Waals surface area contributed by atoms with E-state index in [1.807, 2.05) is 24.3 Å². The number of carboxylic acid groups (broad SMARTS) is 1. The fourth-order valence-corrected chi connectivity index (χ4v) is 2.74. The van der Waals surface area contributed by atoms with Gasteiger partial charge in [0.2, 0.25) is 0 Å². The number of benzene rings is 2. The molecule has 0 fully saturated rings. The van der Waals surface area contributed by atoms with Gasteiger partial charge < -0.3 is 10.4 Å². The number of fused-ring (bicyclic) bond motifs is 1. The third-order valence-corrected chi connectivity index (χ3v) is 3.97. The highest BCUT2D eigenvalue weighted by Crippen LogP contribution is 2.26. The van der Waals surface area contributed by atoms with Crippen LogP contribution in [0.15, 0.2) is 58.5 Å². The number of aliphatic imine (C=N–C) groups is 2. The van der Waals surface area contributed by atoms with Crippen molar-refractivity contribution in [1.29, 1.82) is 0 Å². The fraction of sp³-hybridized carbons (Fsp3) is 0.105. The van der Waals surface area contributed by atoms with E-state index in [-0.39, 0.29) is 5.56 Å². The molecule has 0 radical (unpaired) electrons. The van der Waals surface area contributed by atoms with Crippen LogP contribution in [-0.4, -0.2) is 46.1 Å². The summed E-state index contributed by atoms with van der Waals surface area (Å²) in [5.41, 5.74) is 2.01. The van der Waals surface area contributed by atoms with Gasteiger partial charge in [0.25, 0.3) is 0 Å². The average molecular weight is 345 g/mol. The van der Waals surface area contributed by atoms with Crippen molar-refractivity contribution in [3.63, 3.8) is 0 Å². The Morgan fingerprint density at radius 2 is 1.81 bits per heavy atom. The van der Waals surface area contributed by atoms with Crippen LogP contribution in [0, 0.1) is 0 Å². The summed E-state index contributed by atoms with van der Waals surface area (Å²) in [6, 6.07) is 14.3. The van der Waals surface area contributed by atoms with Gasteiger partial charge in [-0.05, 0) is 24.3 Å². The van der Waals surface area contributed by atoms with Gasteiger partial charge in [0, 0.05) is 5.39 Å². The molecule has 1 aliphatic heterocycles. The molecule has 0 saturated heterocycles. The molecule has 0 amide bonds. The molecule has 0 bridgehead atoms. The lowest BCUT2D eigenvalue weighted by Gasteiger charge is -2.13. The third kappa shape index (κ3) is 3.02. The number of aromatic nitrogens is 2. The van der Waals surface area contributed by atoms with Crippen molar-refractivity contribution < 1.29 is 9.90 Å². The van der Waals surface area contributed by atoms with Crippen LogP contribution < -0.4 is 5.32 Å². The van der Waals surface area contributed by atoms with Crippen molar-refractivity contribution in [2.45, 2.75) is 0 Å². The first-order valence-electron chi connectivity index (χ1n) is 8.13. The molecule has 0 atom stereocenters. The minimum atomic E-state index is -1.00. The molecule has 1 aliphatic rings. The van der Waals surface area contributed by atoms with Gasteiger partial charge in [-0.1, -0.05) is 24.3 Å². The third-order valence-electron chi connectivity index (χ3n) is 3.97. The van der Waals surface area contributed by atoms with E-state index in [2.05, 4.69) is 25.3 Å². The number of aromatic carboxylic acids is 1. The second-order valence-corrected chi connectivity index (χ2v) is 5.69. The van der Waals surface area contributed by atoms with Crippen LogP contribution in [0.4, 0.5) is 11.5 Å². The van der Waals surface area contributed by atoms with E-state index in [0.29, 0.717) is 36.1 Å². The molecule has 4 rings (SSSR count). The molecule has 0 spiro atoms. The number of hydrogen-bond acceptors (Lipinski definition) is 6. The molecule has 2 aromatic carbocycles. The molecule has 0 saturated carbocycles.